The molecule has 0 radical (unpaired) electrons. The summed E-state index contributed by atoms with van der Waals surface area (Å²) >= 11 is 0. The molecule has 0 aromatic carbocycles. The minimum Gasteiger partial charge on any atom is -0.503 e. The predicted octanol–water partition coefficient (Wildman–Crippen LogP) is 0.619. The Kier molecular flexibility index (Phi) is 4.53. The molecule has 10 nitrogen and oxygen atoms in total. The van der Waals surface area contributed by atoms with Crippen molar-refractivity contribution in [2.45, 2.75) is 33.0 Å². The Hall–Kier alpha value is -3.69. The molecular weight excluding hydrogens is 376 g/mol. The predicted molar refractivity (Wildman–Crippen MR) is 104 cm³/mol. The molecule has 4 heterocycles. The van der Waals surface area contributed by atoms with Crippen molar-refractivity contribution in [1.29, 1.82) is 0 Å². The Labute approximate surface area is 165 Å². The first-order valence-corrected chi connectivity index (χ1v) is 9.22. The number of aromatic amines is 1. The Morgan fingerprint density at radius 1 is 1.34 bits per heavy atom. The van der Waals surface area contributed by atoms with Crippen LogP contribution in [0.2, 0.25) is 0 Å². The van der Waals surface area contributed by atoms with Gasteiger partial charge in [-0.25, -0.2) is 4.98 Å². The fourth-order valence-electron chi connectivity index (χ4n) is 3.52. The van der Waals surface area contributed by atoms with Crippen molar-refractivity contribution in [3.8, 4) is 5.75 Å². The number of nitrogens with zero attached hydrogens (tertiary/aromatic N) is 4. The molecule has 0 saturated heterocycles. The Morgan fingerprint density at radius 3 is 2.90 bits per heavy atom. The zero-order chi connectivity index (χ0) is 20.7. The van der Waals surface area contributed by atoms with Gasteiger partial charge in [0.2, 0.25) is 5.43 Å². The van der Waals surface area contributed by atoms with Crippen LogP contribution in [0.25, 0.3) is 11.0 Å². The highest BCUT2D eigenvalue weighted by Gasteiger charge is 2.31. The van der Waals surface area contributed by atoms with E-state index in [2.05, 4.69) is 20.5 Å². The van der Waals surface area contributed by atoms with E-state index in [1.807, 2.05) is 13.8 Å². The first-order chi connectivity index (χ1) is 13.9. The van der Waals surface area contributed by atoms with Gasteiger partial charge in [0.1, 0.15) is 0 Å². The highest BCUT2D eigenvalue weighted by atomic mass is 16.3. The molecule has 2 amide bonds. The number of aromatic nitrogens is 4. The van der Waals surface area contributed by atoms with Crippen LogP contribution in [0, 0.1) is 0 Å². The summed E-state index contributed by atoms with van der Waals surface area (Å²) in [6, 6.07) is 4.61. The summed E-state index contributed by atoms with van der Waals surface area (Å²) in [4.78, 5) is 43.2. The summed E-state index contributed by atoms with van der Waals surface area (Å²) in [5.74, 6) is -1.41. The number of fused-ring (bicyclic) bond motifs is 2. The van der Waals surface area contributed by atoms with Gasteiger partial charge in [-0.15, -0.1) is 0 Å². The highest BCUT2D eigenvalue weighted by Crippen LogP contribution is 2.22. The lowest BCUT2D eigenvalue weighted by molar-refractivity contribution is 0.0639. The normalized spacial score (nSPS) is 13.8. The van der Waals surface area contributed by atoms with E-state index in [0.717, 1.165) is 0 Å². The molecule has 0 fully saturated rings. The molecular formula is C19H20N6O4. The van der Waals surface area contributed by atoms with Crippen molar-refractivity contribution in [3.05, 3.63) is 51.7 Å². The van der Waals surface area contributed by atoms with Crippen LogP contribution in [0.5, 0.6) is 5.75 Å². The van der Waals surface area contributed by atoms with Gasteiger partial charge in [0.25, 0.3) is 11.8 Å². The number of H-pyrrole nitrogens is 1. The zero-order valence-corrected chi connectivity index (χ0v) is 16.0. The van der Waals surface area contributed by atoms with Crippen molar-refractivity contribution < 1.29 is 14.7 Å². The molecule has 10 heteroatoms. The number of aromatic hydroxyl groups is 1. The van der Waals surface area contributed by atoms with Crippen molar-refractivity contribution >= 4 is 22.8 Å². The number of carbonyl (C=O) groups is 2. The van der Waals surface area contributed by atoms with E-state index in [9.17, 15) is 19.5 Å². The van der Waals surface area contributed by atoms with Crippen LogP contribution in [0.4, 0.5) is 0 Å². The van der Waals surface area contributed by atoms with Gasteiger partial charge in [-0.1, -0.05) is 0 Å². The second-order valence-electron chi connectivity index (χ2n) is 7.10. The van der Waals surface area contributed by atoms with E-state index in [0.29, 0.717) is 29.8 Å². The molecule has 3 N–H and O–H groups in total. The lowest BCUT2D eigenvalue weighted by atomic mass is 10.1. The van der Waals surface area contributed by atoms with Crippen molar-refractivity contribution in [2.75, 3.05) is 6.54 Å². The molecule has 0 unspecified atom stereocenters. The van der Waals surface area contributed by atoms with Crippen LogP contribution < -0.4 is 10.7 Å². The number of pyridine rings is 2. The van der Waals surface area contributed by atoms with Gasteiger partial charge in [-0.3, -0.25) is 19.5 Å². The number of hydrogen-bond donors (Lipinski definition) is 3. The topological polar surface area (TPSA) is 133 Å². The maximum absolute atomic E-state index is 12.8. The maximum atomic E-state index is 12.8. The molecule has 3 aromatic heterocycles. The smallest absolute Gasteiger partial charge is 0.274 e. The van der Waals surface area contributed by atoms with Gasteiger partial charge in [0.05, 0.1) is 11.9 Å². The first kappa shape index (κ1) is 18.7. The van der Waals surface area contributed by atoms with Crippen LogP contribution in [0.1, 0.15) is 40.5 Å². The third kappa shape index (κ3) is 3.12. The molecule has 0 saturated carbocycles. The van der Waals surface area contributed by atoms with E-state index >= 15 is 0 Å². The van der Waals surface area contributed by atoms with Crippen molar-refractivity contribution in [2.24, 2.45) is 0 Å². The summed E-state index contributed by atoms with van der Waals surface area (Å²) < 4.78 is 1.59. The van der Waals surface area contributed by atoms with Gasteiger partial charge >= 0.3 is 0 Å². The van der Waals surface area contributed by atoms with E-state index in [1.54, 1.807) is 27.8 Å². The molecule has 0 aliphatic carbocycles. The second-order valence-corrected chi connectivity index (χ2v) is 7.10. The van der Waals surface area contributed by atoms with Gasteiger partial charge in [0, 0.05) is 37.1 Å². The van der Waals surface area contributed by atoms with Crippen LogP contribution in [0.3, 0.4) is 0 Å². The fraction of sp³-hybridized carbons (Fsp3) is 0.316. The van der Waals surface area contributed by atoms with Gasteiger partial charge < -0.3 is 19.9 Å². The summed E-state index contributed by atoms with van der Waals surface area (Å²) in [6.45, 7) is 4.60. The van der Waals surface area contributed by atoms with E-state index in [-0.39, 0.29) is 24.0 Å². The average Bonchev–Trinajstić information content (AvgIpc) is 3.13. The molecule has 0 atom stereocenters. The second kappa shape index (κ2) is 7.04. The number of carbonyl (C=O) groups excluding carboxylic acids is 2. The SMILES string of the molecule is CC(C)N1CCn2c(CNC(=O)c3n[nH]c4ncccc34)cc(=O)c(O)c2C1=O. The molecule has 1 aliphatic heterocycles. The Bertz CT molecular complexity index is 1180. The number of hydrogen-bond acceptors (Lipinski definition) is 6. The lowest BCUT2D eigenvalue weighted by Gasteiger charge is -2.34. The van der Waals surface area contributed by atoms with E-state index < -0.39 is 23.0 Å². The fourth-order valence-corrected chi connectivity index (χ4v) is 3.52. The monoisotopic (exact) mass is 396 g/mol. The van der Waals surface area contributed by atoms with Gasteiger partial charge in [-0.05, 0) is 26.0 Å². The minimum atomic E-state index is -0.658. The first-order valence-electron chi connectivity index (χ1n) is 9.22. The van der Waals surface area contributed by atoms with Crippen molar-refractivity contribution in [3.63, 3.8) is 0 Å². The Morgan fingerprint density at radius 2 is 2.14 bits per heavy atom. The average molecular weight is 396 g/mol. The van der Waals surface area contributed by atoms with E-state index in [4.69, 9.17) is 0 Å². The standard InChI is InChI=1S/C19H20N6O4/c1-10(2)24-6-7-25-11(8-13(26)16(27)15(25)19(24)29)9-21-18(28)14-12-4-3-5-20-17(12)23-22-14/h3-5,8,10,27H,6-7,9H2,1-2H3,(H,21,28)(H,20,22,23). The summed E-state index contributed by atoms with van der Waals surface area (Å²) in [6.07, 6.45) is 1.59. The molecule has 0 spiro atoms. The summed E-state index contributed by atoms with van der Waals surface area (Å²) in [5, 5.41) is 20.2. The van der Waals surface area contributed by atoms with Crippen LogP contribution in [0.15, 0.2) is 29.2 Å². The van der Waals surface area contributed by atoms with Crippen LogP contribution in [-0.2, 0) is 13.1 Å². The number of nitrogens with one attached hydrogen (secondary N) is 2. The number of rotatable bonds is 4. The van der Waals surface area contributed by atoms with Gasteiger partial charge in [-0.2, -0.15) is 5.10 Å². The largest absolute Gasteiger partial charge is 0.503 e. The molecule has 0 bridgehead atoms. The molecule has 29 heavy (non-hydrogen) atoms. The summed E-state index contributed by atoms with van der Waals surface area (Å²) in [7, 11) is 0. The van der Waals surface area contributed by atoms with Crippen molar-refractivity contribution in [1.82, 2.24) is 30.0 Å². The zero-order valence-electron chi connectivity index (χ0n) is 16.0. The molecule has 4 rings (SSSR count). The van der Waals surface area contributed by atoms with Crippen LogP contribution >= 0.6 is 0 Å². The quantitative estimate of drug-likeness (QED) is 0.592. The maximum Gasteiger partial charge on any atom is 0.274 e. The third-order valence-corrected chi connectivity index (χ3v) is 5.00. The lowest BCUT2D eigenvalue weighted by Crippen LogP contribution is -2.46. The molecule has 1 aliphatic rings. The molecule has 3 aromatic rings. The number of amides is 2. The minimum absolute atomic E-state index is 0.00489. The summed E-state index contributed by atoms with van der Waals surface area (Å²) in [5.41, 5.74) is 0.418. The van der Waals surface area contributed by atoms with Crippen LogP contribution in [-0.4, -0.2) is 54.2 Å². The van der Waals surface area contributed by atoms with E-state index in [1.165, 1.54) is 6.07 Å². The Balaban J connectivity index is 1.63. The highest BCUT2D eigenvalue weighted by molar-refractivity contribution is 6.03. The third-order valence-electron chi connectivity index (χ3n) is 5.00. The van der Waals surface area contributed by atoms with Gasteiger partial charge in [0.15, 0.2) is 22.8 Å². The molecule has 150 valence electrons.